The molecular weight excluding hydrogens is 364 g/mol. The Morgan fingerprint density at radius 2 is 2.04 bits per heavy atom. The third-order valence-electron chi connectivity index (χ3n) is 5.02. The van der Waals surface area contributed by atoms with Crippen LogP contribution in [0.15, 0.2) is 46.6 Å². The molecule has 130 valence electrons. The van der Waals surface area contributed by atoms with Gasteiger partial charge in [-0.1, -0.05) is 22.0 Å². The van der Waals surface area contributed by atoms with Gasteiger partial charge in [0.05, 0.1) is 17.7 Å². The van der Waals surface area contributed by atoms with Crippen LogP contribution in [-0.2, 0) is 11.3 Å². The van der Waals surface area contributed by atoms with Gasteiger partial charge in [-0.05, 0) is 70.0 Å². The number of amides is 1. The third-order valence-corrected chi connectivity index (χ3v) is 5.51. The maximum atomic E-state index is 12.6. The highest BCUT2D eigenvalue weighted by Crippen LogP contribution is 2.29. The first-order chi connectivity index (χ1) is 11.2. The predicted molar refractivity (Wildman–Crippen MR) is 103 cm³/mol. The van der Waals surface area contributed by atoms with E-state index < -0.39 is 0 Å². The van der Waals surface area contributed by atoms with Gasteiger partial charge in [0.25, 0.3) is 5.91 Å². The number of nitrogens with one attached hydrogen (secondary N) is 1. The topological polar surface area (TPSA) is 29.1 Å². The van der Waals surface area contributed by atoms with E-state index in [-0.39, 0.29) is 11.4 Å². The lowest BCUT2D eigenvalue weighted by Crippen LogP contribution is -2.57. The molecule has 1 aromatic rings. The number of nitrogens with zero attached hydrogens (tertiary/aromatic N) is 1. The van der Waals surface area contributed by atoms with E-state index in [1.807, 2.05) is 18.2 Å². The van der Waals surface area contributed by atoms with Crippen molar-refractivity contribution in [1.29, 1.82) is 0 Å². The summed E-state index contributed by atoms with van der Waals surface area (Å²) in [7, 11) is 0. The van der Waals surface area contributed by atoms with E-state index in [4.69, 9.17) is 0 Å². The SMILES string of the molecule is CC[N+]1(C(C)(C)C)C=C(C(=O)NCc2ccc(Br)cc2C)C=CC1. The second-order valence-corrected chi connectivity index (χ2v) is 8.36. The number of aryl methyl sites for hydroxylation is 1. The molecule has 1 aromatic carbocycles. The molecule has 0 spiro atoms. The summed E-state index contributed by atoms with van der Waals surface area (Å²) in [6.07, 6.45) is 6.19. The Hall–Kier alpha value is -1.39. The van der Waals surface area contributed by atoms with E-state index >= 15 is 0 Å². The molecule has 0 radical (unpaired) electrons. The number of hydrogen-bond acceptors (Lipinski definition) is 1. The van der Waals surface area contributed by atoms with E-state index in [0.717, 1.165) is 33.2 Å². The summed E-state index contributed by atoms with van der Waals surface area (Å²) in [6.45, 7) is 13.4. The summed E-state index contributed by atoms with van der Waals surface area (Å²) in [4.78, 5) is 12.6. The van der Waals surface area contributed by atoms with Crippen LogP contribution in [0.3, 0.4) is 0 Å². The first-order valence-electron chi connectivity index (χ1n) is 8.48. The number of carbonyl (C=O) groups excluding carboxylic acids is 1. The Bertz CT molecular complexity index is 685. The van der Waals surface area contributed by atoms with Crippen LogP contribution in [0, 0.1) is 6.92 Å². The normalized spacial score (nSPS) is 20.7. The maximum absolute atomic E-state index is 12.6. The molecular formula is C20H28BrN2O+. The van der Waals surface area contributed by atoms with Gasteiger partial charge in [0.15, 0.2) is 0 Å². The first kappa shape index (κ1) is 18.9. The summed E-state index contributed by atoms with van der Waals surface area (Å²) in [5, 5.41) is 3.06. The molecule has 1 heterocycles. The zero-order valence-electron chi connectivity index (χ0n) is 15.3. The smallest absolute Gasteiger partial charge is 0.256 e. The van der Waals surface area contributed by atoms with Gasteiger partial charge in [-0.25, -0.2) is 0 Å². The lowest BCUT2D eigenvalue weighted by Gasteiger charge is -2.46. The maximum Gasteiger partial charge on any atom is 0.256 e. The van der Waals surface area contributed by atoms with E-state index in [0.29, 0.717) is 6.54 Å². The van der Waals surface area contributed by atoms with Crippen LogP contribution < -0.4 is 5.32 Å². The van der Waals surface area contributed by atoms with Crippen molar-refractivity contribution in [3.8, 4) is 0 Å². The standard InChI is InChI=1S/C20H27BrN2O/c1-6-23(20(3,4)5)11-7-8-17(14-23)19(24)22-13-16-9-10-18(21)12-15(16)2/h7-10,12,14H,6,11,13H2,1-5H3/p+1. The van der Waals surface area contributed by atoms with E-state index in [9.17, 15) is 4.79 Å². The number of halogens is 1. The number of quaternary nitrogens is 1. The average molecular weight is 392 g/mol. The minimum Gasteiger partial charge on any atom is -0.348 e. The summed E-state index contributed by atoms with van der Waals surface area (Å²) < 4.78 is 1.85. The van der Waals surface area contributed by atoms with Gasteiger partial charge in [0.1, 0.15) is 12.7 Å². The van der Waals surface area contributed by atoms with E-state index in [2.05, 4.69) is 74.2 Å². The summed E-state index contributed by atoms with van der Waals surface area (Å²) in [5.74, 6) is -0.00605. The first-order valence-corrected chi connectivity index (χ1v) is 9.27. The summed E-state index contributed by atoms with van der Waals surface area (Å²) in [6, 6.07) is 6.12. The highest BCUT2D eigenvalue weighted by atomic mass is 79.9. The highest BCUT2D eigenvalue weighted by Gasteiger charge is 2.38. The summed E-state index contributed by atoms with van der Waals surface area (Å²) in [5.41, 5.74) is 3.13. The molecule has 1 N–H and O–H groups in total. The number of benzene rings is 1. The average Bonchev–Trinajstić information content (AvgIpc) is 2.52. The van der Waals surface area contributed by atoms with Crippen molar-refractivity contribution in [3.63, 3.8) is 0 Å². The van der Waals surface area contributed by atoms with Gasteiger partial charge < -0.3 is 5.32 Å². The van der Waals surface area contributed by atoms with Crippen molar-refractivity contribution in [2.24, 2.45) is 0 Å². The molecule has 0 bridgehead atoms. The molecule has 0 aliphatic carbocycles. The molecule has 24 heavy (non-hydrogen) atoms. The van der Waals surface area contributed by atoms with Gasteiger partial charge in [0, 0.05) is 11.0 Å². The number of hydrogen-bond donors (Lipinski definition) is 1. The van der Waals surface area contributed by atoms with Crippen molar-refractivity contribution in [2.45, 2.75) is 46.7 Å². The van der Waals surface area contributed by atoms with Crippen molar-refractivity contribution >= 4 is 21.8 Å². The van der Waals surface area contributed by atoms with Crippen LogP contribution in [0.25, 0.3) is 0 Å². The van der Waals surface area contributed by atoms with Crippen molar-refractivity contribution < 1.29 is 9.28 Å². The zero-order chi connectivity index (χ0) is 18.0. The highest BCUT2D eigenvalue weighted by molar-refractivity contribution is 9.10. The van der Waals surface area contributed by atoms with Crippen molar-refractivity contribution in [1.82, 2.24) is 5.32 Å². The van der Waals surface area contributed by atoms with Crippen LogP contribution in [-0.4, -0.2) is 29.0 Å². The molecule has 1 unspecified atom stereocenters. The fraction of sp³-hybridized carbons (Fsp3) is 0.450. The molecule has 0 fully saturated rings. The quantitative estimate of drug-likeness (QED) is 0.753. The fourth-order valence-corrected chi connectivity index (χ4v) is 3.64. The lowest BCUT2D eigenvalue weighted by atomic mass is 9.98. The van der Waals surface area contributed by atoms with E-state index in [1.165, 1.54) is 5.56 Å². The molecule has 0 aromatic heterocycles. The van der Waals surface area contributed by atoms with Crippen LogP contribution >= 0.6 is 15.9 Å². The molecule has 4 heteroatoms. The Kier molecular flexibility index (Phi) is 5.71. The number of rotatable bonds is 4. The molecule has 2 rings (SSSR count). The largest absolute Gasteiger partial charge is 0.348 e. The lowest BCUT2D eigenvalue weighted by molar-refractivity contribution is -0.919. The van der Waals surface area contributed by atoms with Crippen LogP contribution in [0.2, 0.25) is 0 Å². The van der Waals surface area contributed by atoms with Gasteiger partial charge in [0.2, 0.25) is 0 Å². The minimum absolute atomic E-state index is 0.00605. The van der Waals surface area contributed by atoms with Crippen LogP contribution in [0.4, 0.5) is 0 Å². The van der Waals surface area contributed by atoms with Crippen LogP contribution in [0.5, 0.6) is 0 Å². The molecule has 0 saturated carbocycles. The minimum atomic E-state index is -0.00605. The van der Waals surface area contributed by atoms with Crippen LogP contribution in [0.1, 0.15) is 38.8 Å². The predicted octanol–water partition coefficient (Wildman–Crippen LogP) is 4.46. The Morgan fingerprint density at radius 3 is 2.62 bits per heavy atom. The molecule has 1 atom stereocenters. The Labute approximate surface area is 154 Å². The second-order valence-electron chi connectivity index (χ2n) is 7.44. The number of carbonyl (C=O) groups is 1. The molecule has 1 amide bonds. The molecule has 3 nitrogen and oxygen atoms in total. The Balaban J connectivity index is 2.14. The van der Waals surface area contributed by atoms with Gasteiger partial charge in [-0.3, -0.25) is 9.28 Å². The van der Waals surface area contributed by atoms with Crippen molar-refractivity contribution in [3.05, 3.63) is 57.7 Å². The monoisotopic (exact) mass is 391 g/mol. The Morgan fingerprint density at radius 1 is 1.33 bits per heavy atom. The van der Waals surface area contributed by atoms with Gasteiger partial charge >= 0.3 is 0 Å². The third kappa shape index (κ3) is 3.98. The second kappa shape index (κ2) is 7.24. The molecule has 1 aliphatic heterocycles. The number of likely N-dealkylation sites (N-methyl/N-ethyl adjacent to an activating group) is 1. The van der Waals surface area contributed by atoms with Gasteiger partial charge in [-0.15, -0.1) is 0 Å². The molecule has 1 aliphatic rings. The zero-order valence-corrected chi connectivity index (χ0v) is 16.9. The molecule has 0 saturated heterocycles. The summed E-state index contributed by atoms with van der Waals surface area (Å²) >= 11 is 3.47. The van der Waals surface area contributed by atoms with Gasteiger partial charge in [-0.2, -0.15) is 0 Å². The van der Waals surface area contributed by atoms with E-state index in [1.54, 1.807) is 0 Å². The fourth-order valence-electron chi connectivity index (χ4n) is 3.16. The van der Waals surface area contributed by atoms with Crippen molar-refractivity contribution in [2.75, 3.05) is 13.1 Å².